The number of aliphatic hydroxyl groups excluding tert-OH is 1. The average molecular weight is 355 g/mol. The molecule has 4 rings (SSSR count). The van der Waals surface area contributed by atoms with E-state index in [4.69, 9.17) is 10.1 Å². The minimum atomic E-state index is -0.391. The highest BCUT2D eigenvalue weighted by Crippen LogP contribution is 2.45. The summed E-state index contributed by atoms with van der Waals surface area (Å²) in [6, 6.07) is 3.91. The smallest absolute Gasteiger partial charge is 0.181 e. The topological polar surface area (TPSA) is 67.1 Å². The van der Waals surface area contributed by atoms with Crippen molar-refractivity contribution in [3.63, 3.8) is 0 Å². The van der Waals surface area contributed by atoms with E-state index in [9.17, 15) is 5.11 Å². The molecule has 1 saturated carbocycles. The molecule has 140 valence electrons. The third-order valence-corrected chi connectivity index (χ3v) is 6.02. The van der Waals surface area contributed by atoms with Crippen LogP contribution in [0.3, 0.4) is 0 Å². The van der Waals surface area contributed by atoms with Crippen molar-refractivity contribution >= 4 is 0 Å². The van der Waals surface area contributed by atoms with Crippen LogP contribution in [0.15, 0.2) is 24.5 Å². The van der Waals surface area contributed by atoms with E-state index in [1.807, 2.05) is 23.7 Å². The molecular formula is C20H29N5O. The summed E-state index contributed by atoms with van der Waals surface area (Å²) in [7, 11) is 0. The monoisotopic (exact) mass is 355 g/mol. The van der Waals surface area contributed by atoms with Crippen molar-refractivity contribution in [1.82, 2.24) is 24.6 Å². The van der Waals surface area contributed by atoms with Gasteiger partial charge < -0.3 is 5.11 Å². The van der Waals surface area contributed by atoms with Crippen LogP contribution in [0.2, 0.25) is 0 Å². The Balaban J connectivity index is 1.78. The summed E-state index contributed by atoms with van der Waals surface area (Å²) in [5.74, 6) is 1.80. The second-order valence-electron chi connectivity index (χ2n) is 7.67. The number of likely N-dealkylation sites (tertiary alicyclic amines) is 1. The number of nitrogens with zero attached hydrogens (tertiary/aromatic N) is 5. The van der Waals surface area contributed by atoms with E-state index in [-0.39, 0.29) is 5.54 Å². The molecule has 26 heavy (non-hydrogen) atoms. The molecule has 6 heteroatoms. The molecule has 1 N–H and O–H groups in total. The molecule has 0 amide bonds. The Morgan fingerprint density at radius 1 is 1.12 bits per heavy atom. The van der Waals surface area contributed by atoms with Crippen LogP contribution in [-0.2, 0) is 12.1 Å². The summed E-state index contributed by atoms with van der Waals surface area (Å²) in [6.07, 6.45) is 11.2. The molecular weight excluding hydrogens is 326 g/mol. The van der Waals surface area contributed by atoms with Gasteiger partial charge in [-0.05, 0) is 57.3 Å². The fraction of sp³-hybridized carbons (Fsp3) is 0.650. The summed E-state index contributed by atoms with van der Waals surface area (Å²) in [5, 5.41) is 15.1. The van der Waals surface area contributed by atoms with Crippen LogP contribution in [0.1, 0.15) is 57.7 Å². The first-order chi connectivity index (χ1) is 12.7. The lowest BCUT2D eigenvalue weighted by molar-refractivity contribution is 0.0945. The number of hydrogen-bond donors (Lipinski definition) is 1. The van der Waals surface area contributed by atoms with Gasteiger partial charge in [-0.2, -0.15) is 5.10 Å². The van der Waals surface area contributed by atoms with Gasteiger partial charge in [0.25, 0.3) is 0 Å². The molecule has 1 aliphatic heterocycles. The molecule has 3 heterocycles. The highest BCUT2D eigenvalue weighted by Gasteiger charge is 2.46. The van der Waals surface area contributed by atoms with Crippen LogP contribution in [-0.4, -0.2) is 48.9 Å². The Hall–Kier alpha value is -1.79. The Labute approximate surface area is 155 Å². The quantitative estimate of drug-likeness (QED) is 0.863. The van der Waals surface area contributed by atoms with E-state index in [2.05, 4.69) is 9.88 Å². The van der Waals surface area contributed by atoms with E-state index in [1.54, 1.807) is 12.4 Å². The first-order valence-electron chi connectivity index (χ1n) is 10.0. The molecule has 0 bridgehead atoms. The lowest BCUT2D eigenvalue weighted by atomic mass is 9.94. The van der Waals surface area contributed by atoms with Crippen molar-refractivity contribution in [3.8, 4) is 11.4 Å². The second kappa shape index (κ2) is 7.45. The molecule has 2 aromatic rings. The van der Waals surface area contributed by atoms with Crippen LogP contribution in [0, 0.1) is 0 Å². The summed E-state index contributed by atoms with van der Waals surface area (Å²) < 4.78 is 1.99. The van der Waals surface area contributed by atoms with Gasteiger partial charge in [0.2, 0.25) is 0 Å². The SMILES string of the molecule is CC[C@H](O)Cn1nc(-c2ccncc2)nc1C1(N2CCCC2)CCCC1. The maximum atomic E-state index is 10.3. The van der Waals surface area contributed by atoms with Gasteiger partial charge in [0.05, 0.1) is 18.2 Å². The predicted molar refractivity (Wildman–Crippen MR) is 101 cm³/mol. The molecule has 1 saturated heterocycles. The van der Waals surface area contributed by atoms with E-state index in [0.29, 0.717) is 6.54 Å². The third-order valence-electron chi connectivity index (χ3n) is 6.02. The molecule has 0 unspecified atom stereocenters. The molecule has 2 aliphatic rings. The van der Waals surface area contributed by atoms with E-state index >= 15 is 0 Å². The van der Waals surface area contributed by atoms with E-state index in [1.165, 1.54) is 25.7 Å². The van der Waals surface area contributed by atoms with Crippen LogP contribution < -0.4 is 0 Å². The summed E-state index contributed by atoms with van der Waals surface area (Å²) >= 11 is 0. The van der Waals surface area contributed by atoms with Crippen LogP contribution in [0.25, 0.3) is 11.4 Å². The minimum Gasteiger partial charge on any atom is -0.391 e. The van der Waals surface area contributed by atoms with Gasteiger partial charge in [0, 0.05) is 18.0 Å². The van der Waals surface area contributed by atoms with E-state index in [0.717, 1.165) is 49.6 Å². The third kappa shape index (κ3) is 3.16. The molecule has 1 aliphatic carbocycles. The summed E-state index contributed by atoms with van der Waals surface area (Å²) in [6.45, 7) is 4.82. The van der Waals surface area contributed by atoms with Gasteiger partial charge >= 0.3 is 0 Å². The van der Waals surface area contributed by atoms with Crippen LogP contribution >= 0.6 is 0 Å². The van der Waals surface area contributed by atoms with Crippen molar-refractivity contribution < 1.29 is 5.11 Å². The van der Waals surface area contributed by atoms with Gasteiger partial charge in [0.1, 0.15) is 5.82 Å². The number of aliphatic hydroxyl groups is 1. The molecule has 0 spiro atoms. The van der Waals surface area contributed by atoms with Crippen molar-refractivity contribution in [3.05, 3.63) is 30.4 Å². The Bertz CT molecular complexity index is 717. The van der Waals surface area contributed by atoms with E-state index < -0.39 is 6.10 Å². The molecule has 6 nitrogen and oxygen atoms in total. The van der Waals surface area contributed by atoms with Crippen molar-refractivity contribution in [2.24, 2.45) is 0 Å². The summed E-state index contributed by atoms with van der Waals surface area (Å²) in [4.78, 5) is 11.8. The molecule has 1 atom stereocenters. The highest BCUT2D eigenvalue weighted by molar-refractivity contribution is 5.53. The van der Waals surface area contributed by atoms with Gasteiger partial charge in [0.15, 0.2) is 5.82 Å². The van der Waals surface area contributed by atoms with Crippen molar-refractivity contribution in [2.75, 3.05) is 13.1 Å². The minimum absolute atomic E-state index is 0.0117. The number of hydrogen-bond acceptors (Lipinski definition) is 5. The van der Waals surface area contributed by atoms with Crippen molar-refractivity contribution in [2.45, 2.75) is 70.1 Å². The summed E-state index contributed by atoms with van der Waals surface area (Å²) in [5.41, 5.74) is 0.975. The highest BCUT2D eigenvalue weighted by atomic mass is 16.3. The van der Waals surface area contributed by atoms with Gasteiger partial charge in [-0.1, -0.05) is 19.8 Å². The van der Waals surface area contributed by atoms with Gasteiger partial charge in [-0.25, -0.2) is 9.67 Å². The van der Waals surface area contributed by atoms with Gasteiger partial charge in [-0.3, -0.25) is 9.88 Å². The zero-order chi connectivity index (χ0) is 18.0. The first kappa shape index (κ1) is 17.6. The van der Waals surface area contributed by atoms with Gasteiger partial charge in [-0.15, -0.1) is 0 Å². The molecule has 2 aromatic heterocycles. The first-order valence-corrected chi connectivity index (χ1v) is 10.0. The number of aromatic nitrogens is 4. The van der Waals surface area contributed by atoms with Crippen LogP contribution in [0.5, 0.6) is 0 Å². The fourth-order valence-corrected chi connectivity index (χ4v) is 4.55. The van der Waals surface area contributed by atoms with Crippen molar-refractivity contribution in [1.29, 1.82) is 0 Å². The maximum absolute atomic E-state index is 10.3. The Kier molecular flexibility index (Phi) is 5.05. The second-order valence-corrected chi connectivity index (χ2v) is 7.67. The normalized spacial score (nSPS) is 21.3. The zero-order valence-corrected chi connectivity index (χ0v) is 15.6. The Morgan fingerprint density at radius 2 is 1.81 bits per heavy atom. The molecule has 0 radical (unpaired) electrons. The van der Waals surface area contributed by atoms with Crippen LogP contribution in [0.4, 0.5) is 0 Å². The largest absolute Gasteiger partial charge is 0.391 e. The lowest BCUT2D eigenvalue weighted by Crippen LogP contribution is -2.45. The number of pyridine rings is 1. The fourth-order valence-electron chi connectivity index (χ4n) is 4.55. The lowest BCUT2D eigenvalue weighted by Gasteiger charge is -2.38. The predicted octanol–water partition coefficient (Wildman–Crippen LogP) is 2.98. The zero-order valence-electron chi connectivity index (χ0n) is 15.6. The Morgan fingerprint density at radius 3 is 2.46 bits per heavy atom. The molecule has 2 fully saturated rings. The standard InChI is InChI=1S/C20H29N5O/c1-2-17(26)15-25-19(22-18(23-25)16-7-11-21-12-8-16)20(9-3-4-10-20)24-13-5-6-14-24/h7-8,11-12,17,26H,2-6,9-10,13-15H2,1H3/t17-/m0/s1. The average Bonchev–Trinajstić information content (AvgIpc) is 3.42. The maximum Gasteiger partial charge on any atom is 0.181 e. The molecule has 0 aromatic carbocycles. The number of rotatable bonds is 6.